The zero-order chi connectivity index (χ0) is 11.6. The van der Waals surface area contributed by atoms with Crippen molar-refractivity contribution in [1.29, 1.82) is 0 Å². The van der Waals surface area contributed by atoms with Gasteiger partial charge in [0, 0.05) is 26.2 Å². The number of hydrogen-bond acceptors (Lipinski definition) is 3. The van der Waals surface area contributed by atoms with Gasteiger partial charge in [0.05, 0.1) is 11.5 Å². The molecule has 4 heteroatoms. The largest absolute Gasteiger partial charge is 0.389 e. The molecule has 1 amide bonds. The van der Waals surface area contributed by atoms with Gasteiger partial charge in [0.1, 0.15) is 0 Å². The van der Waals surface area contributed by atoms with E-state index in [1.54, 1.807) is 0 Å². The summed E-state index contributed by atoms with van der Waals surface area (Å²) in [6.07, 6.45) is 3.40. The summed E-state index contributed by atoms with van der Waals surface area (Å²) in [6, 6.07) is 0. The fourth-order valence-electron chi connectivity index (χ4n) is 2.78. The molecule has 92 valence electrons. The molecule has 2 fully saturated rings. The Kier molecular flexibility index (Phi) is 3.50. The van der Waals surface area contributed by atoms with Crippen LogP contribution in [0.15, 0.2) is 0 Å². The van der Waals surface area contributed by atoms with Gasteiger partial charge in [-0.1, -0.05) is 6.92 Å². The van der Waals surface area contributed by atoms with Crippen LogP contribution in [0.1, 0.15) is 32.6 Å². The maximum absolute atomic E-state index is 12.3. The normalized spacial score (nSPS) is 26.0. The summed E-state index contributed by atoms with van der Waals surface area (Å²) in [6.45, 7) is 5.32. The summed E-state index contributed by atoms with van der Waals surface area (Å²) in [4.78, 5) is 14.2. The number of piperazine rings is 1. The molecule has 4 nitrogen and oxygen atoms in total. The van der Waals surface area contributed by atoms with Crippen molar-refractivity contribution in [3.05, 3.63) is 0 Å². The first-order chi connectivity index (χ1) is 7.67. The molecule has 0 spiro atoms. The second kappa shape index (κ2) is 4.72. The third-order valence-corrected chi connectivity index (χ3v) is 4.00. The molecule has 0 aromatic carbocycles. The van der Waals surface area contributed by atoms with Crippen molar-refractivity contribution in [2.24, 2.45) is 5.92 Å². The van der Waals surface area contributed by atoms with Crippen molar-refractivity contribution in [1.82, 2.24) is 10.2 Å². The molecule has 2 aliphatic rings. The first-order valence-electron chi connectivity index (χ1n) is 6.39. The average Bonchev–Trinajstić information content (AvgIpc) is 2.28. The zero-order valence-corrected chi connectivity index (χ0v) is 10.0. The molecule has 1 saturated carbocycles. The standard InChI is InChI=1S/C12H22N2O2/c1-2-10(12(16)4-3-5-12)11(15)14-8-6-13-7-9-14/h10,13,16H,2-9H2,1H3. The van der Waals surface area contributed by atoms with Crippen molar-refractivity contribution in [2.45, 2.75) is 38.2 Å². The molecule has 1 aliphatic carbocycles. The molecule has 1 aliphatic heterocycles. The SMILES string of the molecule is CCC(C(=O)N1CCNCC1)C1(O)CCC1. The third kappa shape index (κ3) is 2.09. The first-order valence-corrected chi connectivity index (χ1v) is 6.39. The Bertz CT molecular complexity index is 258. The van der Waals surface area contributed by atoms with Crippen LogP contribution in [0.4, 0.5) is 0 Å². The van der Waals surface area contributed by atoms with E-state index in [2.05, 4.69) is 5.32 Å². The van der Waals surface area contributed by atoms with Crippen LogP contribution in [-0.2, 0) is 4.79 Å². The molecule has 16 heavy (non-hydrogen) atoms. The van der Waals surface area contributed by atoms with Gasteiger partial charge >= 0.3 is 0 Å². The summed E-state index contributed by atoms with van der Waals surface area (Å²) in [5.41, 5.74) is -0.698. The molecular formula is C12H22N2O2. The van der Waals surface area contributed by atoms with E-state index in [0.717, 1.165) is 51.9 Å². The Hall–Kier alpha value is -0.610. The van der Waals surface area contributed by atoms with E-state index >= 15 is 0 Å². The van der Waals surface area contributed by atoms with Gasteiger partial charge in [0.15, 0.2) is 0 Å². The number of nitrogens with zero attached hydrogens (tertiary/aromatic N) is 1. The number of carbonyl (C=O) groups is 1. The minimum Gasteiger partial charge on any atom is -0.389 e. The van der Waals surface area contributed by atoms with Gasteiger partial charge in [-0.25, -0.2) is 0 Å². The summed E-state index contributed by atoms with van der Waals surface area (Å²) in [7, 11) is 0. The molecule has 2 N–H and O–H groups in total. The highest BCUT2D eigenvalue weighted by molar-refractivity contribution is 5.80. The Balaban J connectivity index is 1.99. The zero-order valence-electron chi connectivity index (χ0n) is 10.0. The van der Waals surface area contributed by atoms with E-state index in [0.29, 0.717) is 0 Å². The van der Waals surface area contributed by atoms with Gasteiger partial charge in [0.25, 0.3) is 0 Å². The maximum Gasteiger partial charge on any atom is 0.228 e. The number of amides is 1. The number of aliphatic hydroxyl groups is 1. The van der Waals surface area contributed by atoms with E-state index < -0.39 is 5.60 Å². The lowest BCUT2D eigenvalue weighted by Crippen LogP contribution is -2.55. The van der Waals surface area contributed by atoms with Crippen LogP contribution in [0.25, 0.3) is 0 Å². The molecule has 0 aromatic heterocycles. The van der Waals surface area contributed by atoms with E-state index in [9.17, 15) is 9.90 Å². The highest BCUT2D eigenvalue weighted by Crippen LogP contribution is 2.40. The molecule has 0 radical (unpaired) electrons. The van der Waals surface area contributed by atoms with E-state index in [1.807, 2.05) is 11.8 Å². The monoisotopic (exact) mass is 226 g/mol. The number of rotatable bonds is 3. The molecule has 1 saturated heterocycles. The van der Waals surface area contributed by atoms with Gasteiger partial charge in [-0.15, -0.1) is 0 Å². The van der Waals surface area contributed by atoms with Crippen molar-refractivity contribution in [3.8, 4) is 0 Å². The lowest BCUT2D eigenvalue weighted by Gasteiger charge is -2.44. The number of carbonyl (C=O) groups excluding carboxylic acids is 1. The minimum absolute atomic E-state index is 0.159. The third-order valence-electron chi connectivity index (χ3n) is 4.00. The smallest absolute Gasteiger partial charge is 0.228 e. The van der Waals surface area contributed by atoms with Gasteiger partial charge in [0.2, 0.25) is 5.91 Å². The van der Waals surface area contributed by atoms with Crippen LogP contribution >= 0.6 is 0 Å². The average molecular weight is 226 g/mol. The van der Waals surface area contributed by atoms with Gasteiger partial charge in [-0.2, -0.15) is 0 Å². The molecule has 0 bridgehead atoms. The Morgan fingerprint density at radius 2 is 2.06 bits per heavy atom. The van der Waals surface area contributed by atoms with Crippen LogP contribution in [0.2, 0.25) is 0 Å². The molecule has 1 heterocycles. The lowest BCUT2D eigenvalue weighted by atomic mass is 9.69. The lowest BCUT2D eigenvalue weighted by molar-refractivity contribution is -0.154. The van der Waals surface area contributed by atoms with Crippen molar-refractivity contribution >= 4 is 5.91 Å². The maximum atomic E-state index is 12.3. The summed E-state index contributed by atoms with van der Waals surface area (Å²) >= 11 is 0. The summed E-state index contributed by atoms with van der Waals surface area (Å²) in [5.74, 6) is -0.0226. The molecule has 2 rings (SSSR count). The molecular weight excluding hydrogens is 204 g/mol. The molecule has 1 atom stereocenters. The predicted octanol–water partition coefficient (Wildman–Crippen LogP) is 0.359. The molecule has 0 aromatic rings. The van der Waals surface area contributed by atoms with Crippen molar-refractivity contribution in [2.75, 3.05) is 26.2 Å². The van der Waals surface area contributed by atoms with Crippen LogP contribution in [0.5, 0.6) is 0 Å². The van der Waals surface area contributed by atoms with E-state index in [-0.39, 0.29) is 11.8 Å². The number of nitrogens with one attached hydrogen (secondary N) is 1. The van der Waals surface area contributed by atoms with Gasteiger partial charge in [-0.3, -0.25) is 4.79 Å². The van der Waals surface area contributed by atoms with Gasteiger partial charge in [-0.05, 0) is 25.7 Å². The minimum atomic E-state index is -0.698. The Labute approximate surface area is 97.0 Å². The number of hydrogen-bond donors (Lipinski definition) is 2. The van der Waals surface area contributed by atoms with Crippen LogP contribution in [-0.4, -0.2) is 47.7 Å². The quantitative estimate of drug-likeness (QED) is 0.730. The second-order valence-corrected chi connectivity index (χ2v) is 4.99. The highest BCUT2D eigenvalue weighted by atomic mass is 16.3. The first kappa shape index (κ1) is 11.9. The van der Waals surface area contributed by atoms with E-state index in [4.69, 9.17) is 0 Å². The summed E-state index contributed by atoms with van der Waals surface area (Å²) in [5, 5.41) is 13.5. The van der Waals surface area contributed by atoms with Crippen LogP contribution < -0.4 is 5.32 Å². The fraction of sp³-hybridized carbons (Fsp3) is 0.917. The highest BCUT2D eigenvalue weighted by Gasteiger charge is 2.46. The van der Waals surface area contributed by atoms with Crippen LogP contribution in [0, 0.1) is 5.92 Å². The fourth-order valence-corrected chi connectivity index (χ4v) is 2.78. The van der Waals surface area contributed by atoms with Gasteiger partial charge < -0.3 is 15.3 Å². The second-order valence-electron chi connectivity index (χ2n) is 4.99. The topological polar surface area (TPSA) is 52.6 Å². The van der Waals surface area contributed by atoms with Crippen molar-refractivity contribution in [3.63, 3.8) is 0 Å². The van der Waals surface area contributed by atoms with Crippen LogP contribution in [0.3, 0.4) is 0 Å². The Morgan fingerprint density at radius 1 is 1.44 bits per heavy atom. The molecule has 1 unspecified atom stereocenters. The predicted molar refractivity (Wildman–Crippen MR) is 62.0 cm³/mol. The Morgan fingerprint density at radius 3 is 2.50 bits per heavy atom. The van der Waals surface area contributed by atoms with Crippen molar-refractivity contribution < 1.29 is 9.90 Å². The summed E-state index contributed by atoms with van der Waals surface area (Å²) < 4.78 is 0. The van der Waals surface area contributed by atoms with E-state index in [1.165, 1.54) is 0 Å².